The number of hydrogen-bond donors (Lipinski definition) is 0. The molecule has 0 atom stereocenters. The topological polar surface area (TPSA) is 72.3 Å². The van der Waals surface area contributed by atoms with Crippen molar-refractivity contribution in [2.24, 2.45) is 4.36 Å². The molecule has 0 aromatic carbocycles. The number of aromatic nitrogens is 2. The molecule has 1 aromatic rings. The van der Waals surface area contributed by atoms with Gasteiger partial charge in [-0.2, -0.15) is 4.36 Å². The zero-order valence-corrected chi connectivity index (χ0v) is 10.6. The van der Waals surface area contributed by atoms with Crippen LogP contribution in [0, 0.1) is 0 Å². The molecule has 0 radical (unpaired) electrons. The first-order chi connectivity index (χ1) is 7.63. The quantitative estimate of drug-likeness (QED) is 0.807. The van der Waals surface area contributed by atoms with E-state index in [-0.39, 0.29) is 5.01 Å². The second-order valence-electron chi connectivity index (χ2n) is 3.64. The van der Waals surface area contributed by atoms with E-state index < -0.39 is 15.6 Å². The van der Waals surface area contributed by atoms with Crippen LogP contribution in [0.5, 0.6) is 0 Å². The van der Waals surface area contributed by atoms with Crippen LogP contribution in [-0.4, -0.2) is 31.8 Å². The van der Waals surface area contributed by atoms with E-state index >= 15 is 0 Å². The fourth-order valence-electron chi connectivity index (χ4n) is 1.52. The van der Waals surface area contributed by atoms with E-state index in [2.05, 4.69) is 14.6 Å². The fraction of sp³-hybridized carbons (Fsp3) is 0.667. The zero-order valence-electron chi connectivity index (χ0n) is 9.01. The van der Waals surface area contributed by atoms with Gasteiger partial charge in [0.25, 0.3) is 0 Å². The van der Waals surface area contributed by atoms with Gasteiger partial charge < -0.3 is 0 Å². The molecule has 1 fully saturated rings. The Morgan fingerprint density at radius 1 is 1.44 bits per heavy atom. The molecule has 1 aliphatic heterocycles. The van der Waals surface area contributed by atoms with Crippen molar-refractivity contribution >= 4 is 27.0 Å². The molecule has 0 bridgehead atoms. The zero-order chi connectivity index (χ0) is 11.6. The van der Waals surface area contributed by atoms with Crippen molar-refractivity contribution in [2.45, 2.75) is 26.2 Å². The maximum Gasteiger partial charge on any atom is 0.316 e. The molecular formula is C9H13N3O2S2. The van der Waals surface area contributed by atoms with Gasteiger partial charge in [-0.3, -0.25) is 4.79 Å². The van der Waals surface area contributed by atoms with Crippen molar-refractivity contribution in [2.75, 3.05) is 11.5 Å². The third-order valence-corrected chi connectivity index (χ3v) is 5.79. The molecule has 1 amide bonds. The maximum absolute atomic E-state index is 12.0. The summed E-state index contributed by atoms with van der Waals surface area (Å²) < 4.78 is 15.8. The van der Waals surface area contributed by atoms with Crippen molar-refractivity contribution in [1.29, 1.82) is 0 Å². The number of aryl methyl sites for hydroxylation is 1. The molecule has 0 unspecified atom stereocenters. The lowest BCUT2D eigenvalue weighted by Crippen LogP contribution is -2.06. The second kappa shape index (κ2) is 4.58. The lowest BCUT2D eigenvalue weighted by molar-refractivity contribution is 0.100. The third kappa shape index (κ3) is 2.46. The summed E-state index contributed by atoms with van der Waals surface area (Å²) in [5.41, 5.74) is 0. The van der Waals surface area contributed by atoms with Gasteiger partial charge in [0, 0.05) is 11.5 Å². The first-order valence-corrected chi connectivity index (χ1v) is 7.89. The largest absolute Gasteiger partial charge is 0.316 e. The third-order valence-electron chi connectivity index (χ3n) is 2.38. The van der Waals surface area contributed by atoms with Crippen molar-refractivity contribution in [3.05, 3.63) is 10.0 Å². The van der Waals surface area contributed by atoms with Gasteiger partial charge in [0.15, 0.2) is 0 Å². The summed E-state index contributed by atoms with van der Waals surface area (Å²) in [6, 6.07) is 0. The van der Waals surface area contributed by atoms with E-state index in [0.29, 0.717) is 11.5 Å². The molecule has 2 heterocycles. The lowest BCUT2D eigenvalue weighted by atomic mass is 10.4. The molecule has 7 heteroatoms. The van der Waals surface area contributed by atoms with E-state index in [0.717, 1.165) is 24.3 Å². The molecule has 16 heavy (non-hydrogen) atoms. The van der Waals surface area contributed by atoms with Gasteiger partial charge in [-0.1, -0.05) is 18.3 Å². The van der Waals surface area contributed by atoms with Crippen LogP contribution in [-0.2, 0) is 16.1 Å². The van der Waals surface area contributed by atoms with Gasteiger partial charge in [-0.25, -0.2) is 4.21 Å². The number of rotatable bonds is 2. The standard InChI is InChI=1S/C9H13N3O2S2/c1-2-7-10-11-9(15-7)8(13)12-16(14)5-3-4-6-16/h2-6H2,1H3. The van der Waals surface area contributed by atoms with E-state index in [4.69, 9.17) is 0 Å². The number of nitrogens with zero attached hydrogens (tertiary/aromatic N) is 3. The Balaban J connectivity index is 2.23. The minimum atomic E-state index is -2.28. The molecule has 0 saturated carbocycles. The molecule has 1 saturated heterocycles. The predicted octanol–water partition coefficient (Wildman–Crippen LogP) is 1.50. The van der Waals surface area contributed by atoms with Crippen molar-refractivity contribution in [3.63, 3.8) is 0 Å². The Bertz CT molecular complexity index is 503. The highest BCUT2D eigenvalue weighted by Gasteiger charge is 2.20. The summed E-state index contributed by atoms with van der Waals surface area (Å²) in [5.74, 6) is 0.611. The lowest BCUT2D eigenvalue weighted by Gasteiger charge is -1.96. The average molecular weight is 259 g/mol. The Kier molecular flexibility index (Phi) is 3.34. The Morgan fingerprint density at radius 3 is 2.69 bits per heavy atom. The van der Waals surface area contributed by atoms with Gasteiger partial charge in [-0.05, 0) is 19.3 Å². The molecular weight excluding hydrogens is 246 g/mol. The van der Waals surface area contributed by atoms with E-state index in [9.17, 15) is 9.00 Å². The number of carbonyl (C=O) groups excluding carboxylic acids is 1. The summed E-state index contributed by atoms with van der Waals surface area (Å²) in [5, 5.41) is 8.67. The van der Waals surface area contributed by atoms with Crippen LogP contribution >= 0.6 is 11.3 Å². The number of hydrogen-bond acceptors (Lipinski definition) is 5. The summed E-state index contributed by atoms with van der Waals surface area (Å²) >= 11 is 1.23. The highest BCUT2D eigenvalue weighted by Crippen LogP contribution is 2.17. The van der Waals surface area contributed by atoms with Crippen LogP contribution in [0.3, 0.4) is 0 Å². The summed E-state index contributed by atoms with van der Waals surface area (Å²) in [7, 11) is -2.28. The van der Waals surface area contributed by atoms with Crippen LogP contribution in [0.15, 0.2) is 4.36 Å². The Morgan fingerprint density at radius 2 is 2.12 bits per heavy atom. The molecule has 1 aliphatic rings. The highest BCUT2D eigenvalue weighted by molar-refractivity contribution is 7.94. The number of carbonyl (C=O) groups is 1. The molecule has 0 aliphatic carbocycles. The molecule has 0 N–H and O–H groups in total. The minimum absolute atomic E-state index is 0.256. The van der Waals surface area contributed by atoms with Gasteiger partial charge in [0.05, 0.1) is 9.73 Å². The normalized spacial score (nSPS) is 18.6. The first kappa shape index (κ1) is 11.7. The first-order valence-electron chi connectivity index (χ1n) is 5.22. The monoisotopic (exact) mass is 259 g/mol. The van der Waals surface area contributed by atoms with E-state index in [1.807, 2.05) is 6.92 Å². The maximum atomic E-state index is 12.0. The summed E-state index contributed by atoms with van der Waals surface area (Å²) in [6.45, 7) is 1.95. The minimum Gasteiger partial charge on any atom is -0.263 e. The fourth-order valence-corrected chi connectivity index (χ4v) is 4.33. The van der Waals surface area contributed by atoms with Gasteiger partial charge in [0.2, 0.25) is 5.01 Å². The van der Waals surface area contributed by atoms with Gasteiger partial charge >= 0.3 is 5.91 Å². The molecule has 2 rings (SSSR count). The average Bonchev–Trinajstić information content (AvgIpc) is 2.86. The van der Waals surface area contributed by atoms with Crippen molar-refractivity contribution < 1.29 is 9.00 Å². The van der Waals surface area contributed by atoms with Crippen molar-refractivity contribution in [1.82, 2.24) is 10.2 Å². The SMILES string of the molecule is CCc1nnc(C(=O)N=S2(=O)CCCC2)s1. The van der Waals surface area contributed by atoms with Crippen LogP contribution in [0.1, 0.15) is 34.6 Å². The summed E-state index contributed by atoms with van der Waals surface area (Å²) in [6.07, 6.45) is 2.54. The molecule has 5 nitrogen and oxygen atoms in total. The van der Waals surface area contributed by atoms with Crippen LogP contribution in [0.25, 0.3) is 0 Å². The van der Waals surface area contributed by atoms with E-state index in [1.165, 1.54) is 11.3 Å². The second-order valence-corrected chi connectivity index (χ2v) is 7.25. The van der Waals surface area contributed by atoms with Gasteiger partial charge in [-0.15, -0.1) is 10.2 Å². The van der Waals surface area contributed by atoms with E-state index in [1.54, 1.807) is 0 Å². The summed E-state index contributed by atoms with van der Waals surface area (Å²) in [4.78, 5) is 11.7. The van der Waals surface area contributed by atoms with Crippen LogP contribution in [0.4, 0.5) is 0 Å². The van der Waals surface area contributed by atoms with Crippen LogP contribution < -0.4 is 0 Å². The Hall–Kier alpha value is -0.820. The number of amides is 1. The molecule has 88 valence electrons. The highest BCUT2D eigenvalue weighted by atomic mass is 32.2. The molecule has 1 aromatic heterocycles. The smallest absolute Gasteiger partial charge is 0.263 e. The predicted molar refractivity (Wildman–Crippen MR) is 63.2 cm³/mol. The van der Waals surface area contributed by atoms with Gasteiger partial charge in [0.1, 0.15) is 5.01 Å². The van der Waals surface area contributed by atoms with Crippen molar-refractivity contribution in [3.8, 4) is 0 Å². The Labute approximate surface area is 98.5 Å². The molecule has 0 spiro atoms. The van der Waals surface area contributed by atoms with Crippen LogP contribution in [0.2, 0.25) is 0 Å².